The van der Waals surface area contributed by atoms with E-state index in [1.54, 1.807) is 24.3 Å². The van der Waals surface area contributed by atoms with Gasteiger partial charge in [0.05, 0.1) is 4.90 Å². The van der Waals surface area contributed by atoms with Crippen LogP contribution < -0.4 is 10.0 Å². The molecule has 0 heterocycles. The van der Waals surface area contributed by atoms with Crippen LogP contribution in [0, 0.1) is 6.92 Å². The van der Waals surface area contributed by atoms with Gasteiger partial charge in [0, 0.05) is 23.6 Å². The lowest BCUT2D eigenvalue weighted by Gasteiger charge is -2.15. The normalized spacial score (nSPS) is 13.0. The molecule has 0 spiro atoms. The van der Waals surface area contributed by atoms with Gasteiger partial charge in [0.1, 0.15) is 0 Å². The van der Waals surface area contributed by atoms with Gasteiger partial charge in [-0.05, 0) is 43.7 Å². The predicted molar refractivity (Wildman–Crippen MR) is 96.9 cm³/mol. The fourth-order valence-electron chi connectivity index (χ4n) is 2.14. The van der Waals surface area contributed by atoms with E-state index in [1.165, 1.54) is 0 Å². The zero-order chi connectivity index (χ0) is 16.9. The minimum absolute atomic E-state index is 0.159. The molecule has 0 aliphatic heterocycles. The number of nitrogens with one attached hydrogen (secondary N) is 2. The Bertz CT molecular complexity index is 728. The van der Waals surface area contributed by atoms with Gasteiger partial charge >= 0.3 is 0 Å². The molecule has 0 bridgehead atoms. The third kappa shape index (κ3) is 5.42. The third-order valence-corrected chi connectivity index (χ3v) is 5.57. The van der Waals surface area contributed by atoms with E-state index in [-0.39, 0.29) is 6.04 Å². The molecule has 2 aromatic carbocycles. The molecule has 0 radical (unpaired) electrons. The first-order valence-corrected chi connectivity index (χ1v) is 9.71. The Balaban J connectivity index is 1.82. The Hall–Kier alpha value is -1.21. The van der Waals surface area contributed by atoms with E-state index in [0.717, 1.165) is 15.6 Å². The molecule has 0 aliphatic rings. The van der Waals surface area contributed by atoms with Crippen LogP contribution in [-0.2, 0) is 10.0 Å². The summed E-state index contributed by atoms with van der Waals surface area (Å²) in [4.78, 5) is 0.295. The van der Waals surface area contributed by atoms with E-state index >= 15 is 0 Å². The summed E-state index contributed by atoms with van der Waals surface area (Å²) >= 11 is 3.41. The van der Waals surface area contributed by atoms with Crippen LogP contribution in [0.15, 0.2) is 57.9 Å². The fraction of sp³-hybridized carbons (Fsp3) is 0.294. The second-order valence-electron chi connectivity index (χ2n) is 5.44. The summed E-state index contributed by atoms with van der Waals surface area (Å²) in [6.45, 7) is 4.88. The number of benzene rings is 2. The van der Waals surface area contributed by atoms with Gasteiger partial charge in [-0.15, -0.1) is 0 Å². The molecular weight excluding hydrogens is 376 g/mol. The van der Waals surface area contributed by atoms with Crippen molar-refractivity contribution in [1.29, 1.82) is 0 Å². The molecule has 2 N–H and O–H groups in total. The summed E-state index contributed by atoms with van der Waals surface area (Å²) in [5.74, 6) is 0. The average molecular weight is 397 g/mol. The van der Waals surface area contributed by atoms with Gasteiger partial charge in [-0.25, -0.2) is 13.1 Å². The van der Waals surface area contributed by atoms with E-state index < -0.39 is 10.0 Å². The summed E-state index contributed by atoms with van der Waals surface area (Å²) in [7, 11) is -3.44. The number of hydrogen-bond acceptors (Lipinski definition) is 3. The SMILES string of the molecule is Cc1ccc(S(=O)(=O)NCCN[C@H](C)c2ccc(Br)cc2)cc1. The number of hydrogen-bond donors (Lipinski definition) is 2. The van der Waals surface area contributed by atoms with Crippen molar-refractivity contribution in [1.82, 2.24) is 10.0 Å². The minimum atomic E-state index is -3.44. The molecule has 0 aliphatic carbocycles. The highest BCUT2D eigenvalue weighted by atomic mass is 79.9. The van der Waals surface area contributed by atoms with Gasteiger partial charge in [0.25, 0.3) is 0 Å². The molecule has 2 aromatic rings. The molecule has 23 heavy (non-hydrogen) atoms. The maximum atomic E-state index is 12.2. The van der Waals surface area contributed by atoms with E-state index in [1.807, 2.05) is 31.2 Å². The second-order valence-corrected chi connectivity index (χ2v) is 8.12. The van der Waals surface area contributed by atoms with Crippen molar-refractivity contribution in [3.05, 3.63) is 64.1 Å². The lowest BCUT2D eigenvalue weighted by molar-refractivity contribution is 0.553. The number of sulfonamides is 1. The van der Waals surface area contributed by atoms with Crippen LogP contribution in [0.2, 0.25) is 0 Å². The standard InChI is InChI=1S/C17H21BrN2O2S/c1-13-3-9-17(10-4-13)23(21,22)20-12-11-19-14(2)15-5-7-16(18)8-6-15/h3-10,14,19-20H,11-12H2,1-2H3/t14-/m1/s1. The summed E-state index contributed by atoms with van der Waals surface area (Å²) < 4.78 is 28.0. The molecule has 2 rings (SSSR count). The molecule has 4 nitrogen and oxygen atoms in total. The van der Waals surface area contributed by atoms with Gasteiger partial charge < -0.3 is 5.32 Å². The average Bonchev–Trinajstić information content (AvgIpc) is 2.52. The maximum Gasteiger partial charge on any atom is 0.240 e. The van der Waals surface area contributed by atoms with Crippen LogP contribution in [0.4, 0.5) is 0 Å². The highest BCUT2D eigenvalue weighted by molar-refractivity contribution is 9.10. The number of rotatable bonds is 7. The van der Waals surface area contributed by atoms with Crippen molar-refractivity contribution >= 4 is 26.0 Å². The molecule has 0 saturated carbocycles. The van der Waals surface area contributed by atoms with E-state index in [0.29, 0.717) is 18.0 Å². The Morgan fingerprint density at radius 2 is 1.61 bits per heavy atom. The molecule has 0 unspecified atom stereocenters. The van der Waals surface area contributed by atoms with Gasteiger partial charge in [-0.3, -0.25) is 0 Å². The Morgan fingerprint density at radius 3 is 2.22 bits per heavy atom. The Labute approximate surface area is 146 Å². The molecule has 6 heteroatoms. The second kappa shape index (κ2) is 8.06. The highest BCUT2D eigenvalue weighted by Gasteiger charge is 2.13. The molecule has 1 atom stereocenters. The molecule has 0 saturated heterocycles. The molecule has 124 valence electrons. The summed E-state index contributed by atoms with van der Waals surface area (Å²) in [5.41, 5.74) is 2.20. The Morgan fingerprint density at radius 1 is 1.00 bits per heavy atom. The highest BCUT2D eigenvalue weighted by Crippen LogP contribution is 2.16. The maximum absolute atomic E-state index is 12.2. The summed E-state index contributed by atoms with van der Waals surface area (Å²) in [6.07, 6.45) is 0. The molecular formula is C17H21BrN2O2S. The topological polar surface area (TPSA) is 58.2 Å². The van der Waals surface area contributed by atoms with Crippen molar-refractivity contribution in [2.24, 2.45) is 0 Å². The quantitative estimate of drug-likeness (QED) is 0.705. The first-order chi connectivity index (χ1) is 10.9. The van der Waals surface area contributed by atoms with Crippen molar-refractivity contribution in [3.63, 3.8) is 0 Å². The molecule has 0 aromatic heterocycles. The van der Waals surface area contributed by atoms with Crippen molar-refractivity contribution < 1.29 is 8.42 Å². The molecule has 0 fully saturated rings. The van der Waals surface area contributed by atoms with E-state index in [2.05, 4.69) is 32.9 Å². The van der Waals surface area contributed by atoms with Crippen LogP contribution in [0.3, 0.4) is 0 Å². The number of halogens is 1. The van der Waals surface area contributed by atoms with Crippen molar-refractivity contribution in [3.8, 4) is 0 Å². The van der Waals surface area contributed by atoms with Crippen LogP contribution in [-0.4, -0.2) is 21.5 Å². The van der Waals surface area contributed by atoms with Crippen LogP contribution in [0.5, 0.6) is 0 Å². The van der Waals surface area contributed by atoms with Gasteiger partial charge in [-0.1, -0.05) is 45.8 Å². The zero-order valence-corrected chi connectivity index (χ0v) is 15.6. The van der Waals surface area contributed by atoms with Crippen molar-refractivity contribution in [2.45, 2.75) is 24.8 Å². The zero-order valence-electron chi connectivity index (χ0n) is 13.2. The third-order valence-electron chi connectivity index (χ3n) is 3.57. The van der Waals surface area contributed by atoms with Crippen molar-refractivity contribution in [2.75, 3.05) is 13.1 Å². The first kappa shape index (κ1) is 18.1. The smallest absolute Gasteiger partial charge is 0.240 e. The van der Waals surface area contributed by atoms with Crippen LogP contribution in [0.1, 0.15) is 24.1 Å². The Kier molecular flexibility index (Phi) is 6.35. The minimum Gasteiger partial charge on any atom is -0.309 e. The van der Waals surface area contributed by atoms with Crippen LogP contribution >= 0.6 is 15.9 Å². The van der Waals surface area contributed by atoms with Gasteiger partial charge in [0.2, 0.25) is 10.0 Å². The largest absolute Gasteiger partial charge is 0.309 e. The number of aryl methyl sites for hydroxylation is 1. The summed E-state index contributed by atoms with van der Waals surface area (Å²) in [6, 6.07) is 15.1. The fourth-order valence-corrected chi connectivity index (χ4v) is 3.44. The van der Waals surface area contributed by atoms with Crippen LogP contribution in [0.25, 0.3) is 0 Å². The first-order valence-electron chi connectivity index (χ1n) is 7.44. The summed E-state index contributed by atoms with van der Waals surface area (Å²) in [5, 5.41) is 3.31. The monoisotopic (exact) mass is 396 g/mol. The van der Waals surface area contributed by atoms with Gasteiger partial charge in [-0.2, -0.15) is 0 Å². The van der Waals surface area contributed by atoms with E-state index in [4.69, 9.17) is 0 Å². The van der Waals surface area contributed by atoms with E-state index in [9.17, 15) is 8.42 Å². The lowest BCUT2D eigenvalue weighted by atomic mass is 10.1. The predicted octanol–water partition coefficient (Wildman–Crippen LogP) is 3.39. The lowest BCUT2D eigenvalue weighted by Crippen LogP contribution is -2.33. The van der Waals surface area contributed by atoms with Gasteiger partial charge in [0.15, 0.2) is 0 Å². The molecule has 0 amide bonds.